The van der Waals surface area contributed by atoms with Crippen molar-refractivity contribution in [2.24, 2.45) is 0 Å². The molecule has 2 heterocycles. The summed E-state index contributed by atoms with van der Waals surface area (Å²) in [4.78, 5) is 16.3. The number of para-hydroxylation sites is 2. The summed E-state index contributed by atoms with van der Waals surface area (Å²) in [5.74, 6) is -0.786. The SMILES string of the molecule is COc1ccccc1N1CCN(C(=O)c2nnn(-c3ccc(F)cc3)c2C(F)(F)F)CC1. The molecule has 0 bridgehead atoms. The summed E-state index contributed by atoms with van der Waals surface area (Å²) < 4.78 is 60.5. The summed E-state index contributed by atoms with van der Waals surface area (Å²) in [5, 5.41) is 7.07. The van der Waals surface area contributed by atoms with Gasteiger partial charge in [0.1, 0.15) is 11.6 Å². The smallest absolute Gasteiger partial charge is 0.435 e. The van der Waals surface area contributed by atoms with E-state index in [0.29, 0.717) is 23.5 Å². The lowest BCUT2D eigenvalue weighted by Crippen LogP contribution is -2.49. The van der Waals surface area contributed by atoms with Gasteiger partial charge in [0, 0.05) is 26.2 Å². The third-order valence-corrected chi connectivity index (χ3v) is 5.21. The highest BCUT2D eigenvalue weighted by Gasteiger charge is 2.43. The van der Waals surface area contributed by atoms with Crippen LogP contribution in [0.1, 0.15) is 16.2 Å². The molecule has 168 valence electrons. The number of alkyl halides is 3. The Morgan fingerprint density at radius 3 is 2.28 bits per heavy atom. The summed E-state index contributed by atoms with van der Waals surface area (Å²) >= 11 is 0. The molecular formula is C21H19F4N5O2. The average Bonchev–Trinajstić information content (AvgIpc) is 3.25. The van der Waals surface area contributed by atoms with Crippen LogP contribution in [0.15, 0.2) is 48.5 Å². The second-order valence-corrected chi connectivity index (χ2v) is 7.12. The van der Waals surface area contributed by atoms with Crippen molar-refractivity contribution in [3.63, 3.8) is 0 Å². The lowest BCUT2D eigenvalue weighted by Gasteiger charge is -2.36. The van der Waals surface area contributed by atoms with E-state index in [4.69, 9.17) is 4.74 Å². The van der Waals surface area contributed by atoms with Crippen LogP contribution >= 0.6 is 0 Å². The number of anilines is 1. The van der Waals surface area contributed by atoms with E-state index in [0.717, 1.165) is 30.0 Å². The van der Waals surface area contributed by atoms with E-state index < -0.39 is 29.3 Å². The maximum absolute atomic E-state index is 13.8. The second kappa shape index (κ2) is 8.48. The first-order valence-electron chi connectivity index (χ1n) is 9.75. The molecule has 1 aliphatic heterocycles. The van der Waals surface area contributed by atoms with E-state index >= 15 is 0 Å². The first kappa shape index (κ1) is 21.6. The van der Waals surface area contributed by atoms with Gasteiger partial charge in [-0.25, -0.2) is 9.07 Å². The van der Waals surface area contributed by atoms with Crippen molar-refractivity contribution in [1.82, 2.24) is 19.9 Å². The number of piperazine rings is 1. The highest BCUT2D eigenvalue weighted by atomic mass is 19.4. The van der Waals surface area contributed by atoms with Gasteiger partial charge in [0.25, 0.3) is 5.91 Å². The van der Waals surface area contributed by atoms with Crippen molar-refractivity contribution in [2.75, 3.05) is 38.2 Å². The van der Waals surface area contributed by atoms with Crippen molar-refractivity contribution in [3.05, 3.63) is 65.7 Å². The Morgan fingerprint density at radius 1 is 1.00 bits per heavy atom. The lowest BCUT2D eigenvalue weighted by molar-refractivity contribution is -0.143. The summed E-state index contributed by atoms with van der Waals surface area (Å²) in [6, 6.07) is 11.7. The molecule has 32 heavy (non-hydrogen) atoms. The maximum Gasteiger partial charge on any atom is 0.435 e. The number of carbonyl (C=O) groups excluding carboxylic acids is 1. The molecule has 0 N–H and O–H groups in total. The van der Waals surface area contributed by atoms with Crippen LogP contribution < -0.4 is 9.64 Å². The number of rotatable bonds is 4. The van der Waals surface area contributed by atoms with E-state index in [1.54, 1.807) is 7.11 Å². The molecule has 0 saturated carbocycles. The van der Waals surface area contributed by atoms with Gasteiger partial charge in [-0.2, -0.15) is 13.2 Å². The molecule has 2 aromatic carbocycles. The number of nitrogens with zero attached hydrogens (tertiary/aromatic N) is 5. The fourth-order valence-electron chi connectivity index (χ4n) is 3.63. The van der Waals surface area contributed by atoms with Gasteiger partial charge in [-0.15, -0.1) is 5.10 Å². The maximum atomic E-state index is 13.8. The van der Waals surface area contributed by atoms with Gasteiger partial charge in [-0.05, 0) is 36.4 Å². The van der Waals surface area contributed by atoms with E-state index in [-0.39, 0.29) is 18.8 Å². The summed E-state index contributed by atoms with van der Waals surface area (Å²) in [7, 11) is 1.56. The Balaban J connectivity index is 1.57. The Kier molecular flexibility index (Phi) is 5.72. The first-order valence-corrected chi connectivity index (χ1v) is 9.75. The number of hydrogen-bond donors (Lipinski definition) is 0. The van der Waals surface area contributed by atoms with Crippen molar-refractivity contribution in [1.29, 1.82) is 0 Å². The third-order valence-electron chi connectivity index (χ3n) is 5.21. The predicted molar refractivity (Wildman–Crippen MR) is 107 cm³/mol. The van der Waals surface area contributed by atoms with Crippen LogP contribution in [-0.4, -0.2) is 59.1 Å². The van der Waals surface area contributed by atoms with Crippen LogP contribution in [0, 0.1) is 5.82 Å². The van der Waals surface area contributed by atoms with Crippen molar-refractivity contribution in [2.45, 2.75) is 6.18 Å². The van der Waals surface area contributed by atoms with Crippen LogP contribution in [-0.2, 0) is 6.18 Å². The van der Waals surface area contributed by atoms with Gasteiger partial charge in [0.05, 0.1) is 18.5 Å². The molecule has 1 amide bonds. The van der Waals surface area contributed by atoms with Gasteiger partial charge in [0.2, 0.25) is 0 Å². The standard InChI is InChI=1S/C21H19F4N5O2/c1-32-17-5-3-2-4-16(17)28-10-12-29(13-11-28)20(31)18-19(21(23,24)25)30(27-26-18)15-8-6-14(22)7-9-15/h2-9H,10-13H2,1H3. The minimum atomic E-state index is -4.89. The quantitative estimate of drug-likeness (QED) is 0.572. The normalized spacial score (nSPS) is 14.5. The zero-order valence-corrected chi connectivity index (χ0v) is 17.0. The van der Waals surface area contributed by atoms with Crippen LogP contribution in [0.2, 0.25) is 0 Å². The van der Waals surface area contributed by atoms with Gasteiger partial charge in [0.15, 0.2) is 11.4 Å². The fraction of sp³-hybridized carbons (Fsp3) is 0.286. The topological polar surface area (TPSA) is 63.5 Å². The van der Waals surface area contributed by atoms with Crippen molar-refractivity contribution < 1.29 is 27.1 Å². The van der Waals surface area contributed by atoms with Crippen LogP contribution in [0.25, 0.3) is 5.69 Å². The molecule has 7 nitrogen and oxygen atoms in total. The third kappa shape index (κ3) is 4.10. The number of hydrogen-bond acceptors (Lipinski definition) is 5. The second-order valence-electron chi connectivity index (χ2n) is 7.12. The van der Waals surface area contributed by atoms with Crippen LogP contribution in [0.4, 0.5) is 23.2 Å². The van der Waals surface area contributed by atoms with Crippen LogP contribution in [0.5, 0.6) is 5.75 Å². The number of amides is 1. The van der Waals surface area contributed by atoms with Gasteiger partial charge in [-0.3, -0.25) is 4.79 Å². The molecule has 0 unspecified atom stereocenters. The molecule has 0 radical (unpaired) electrons. The Morgan fingerprint density at radius 2 is 1.66 bits per heavy atom. The number of carbonyl (C=O) groups is 1. The molecule has 1 fully saturated rings. The number of ether oxygens (including phenoxy) is 1. The van der Waals surface area contributed by atoms with E-state index in [2.05, 4.69) is 10.3 Å². The lowest BCUT2D eigenvalue weighted by atomic mass is 10.2. The zero-order chi connectivity index (χ0) is 22.9. The van der Waals surface area contributed by atoms with Crippen molar-refractivity contribution in [3.8, 4) is 11.4 Å². The predicted octanol–water partition coefficient (Wildman–Crippen LogP) is 3.40. The number of halogens is 4. The number of aromatic nitrogens is 3. The van der Waals surface area contributed by atoms with Gasteiger partial charge in [-0.1, -0.05) is 17.3 Å². The van der Waals surface area contributed by atoms with Gasteiger partial charge < -0.3 is 14.5 Å². The fourth-order valence-corrected chi connectivity index (χ4v) is 3.63. The molecule has 3 aromatic rings. The molecular weight excluding hydrogens is 430 g/mol. The van der Waals surface area contributed by atoms with E-state index in [1.807, 2.05) is 29.2 Å². The van der Waals surface area contributed by atoms with Crippen molar-refractivity contribution >= 4 is 11.6 Å². The molecule has 1 aliphatic rings. The molecule has 4 rings (SSSR count). The summed E-state index contributed by atoms with van der Waals surface area (Å²) in [6.45, 7) is 1.24. The van der Waals surface area contributed by atoms with E-state index in [1.165, 1.54) is 4.90 Å². The molecule has 1 aromatic heterocycles. The molecule has 11 heteroatoms. The Hall–Kier alpha value is -3.63. The molecule has 0 atom stereocenters. The molecule has 1 saturated heterocycles. The molecule has 0 spiro atoms. The highest BCUT2D eigenvalue weighted by Crippen LogP contribution is 2.34. The zero-order valence-electron chi connectivity index (χ0n) is 17.0. The summed E-state index contributed by atoms with van der Waals surface area (Å²) in [6.07, 6.45) is -4.89. The number of methoxy groups -OCH3 is 1. The Bertz CT molecular complexity index is 1110. The largest absolute Gasteiger partial charge is 0.495 e. The highest BCUT2D eigenvalue weighted by molar-refractivity contribution is 5.93. The summed E-state index contributed by atoms with van der Waals surface area (Å²) in [5.41, 5.74) is -1.28. The van der Waals surface area contributed by atoms with E-state index in [9.17, 15) is 22.4 Å². The monoisotopic (exact) mass is 449 g/mol. The first-order chi connectivity index (χ1) is 15.3. The Labute approximate surface area is 180 Å². The number of benzene rings is 2. The minimum Gasteiger partial charge on any atom is -0.495 e. The minimum absolute atomic E-state index is 0.0498. The van der Waals surface area contributed by atoms with Crippen LogP contribution in [0.3, 0.4) is 0 Å². The average molecular weight is 449 g/mol. The molecule has 0 aliphatic carbocycles. The van der Waals surface area contributed by atoms with Gasteiger partial charge >= 0.3 is 6.18 Å².